The lowest BCUT2D eigenvalue weighted by Crippen LogP contribution is -2.39. The molecule has 1 aromatic rings. The maximum atomic E-state index is 12.0. The van der Waals surface area contributed by atoms with Crippen molar-refractivity contribution in [2.75, 3.05) is 0 Å². The van der Waals surface area contributed by atoms with E-state index in [1.54, 1.807) is 12.1 Å². The second-order valence-electron chi connectivity index (χ2n) is 6.26. The molecule has 0 spiro atoms. The summed E-state index contributed by atoms with van der Waals surface area (Å²) in [6.07, 6.45) is 4.37. The third-order valence-corrected chi connectivity index (χ3v) is 3.98. The first-order chi connectivity index (χ1) is 9.35. The molecule has 1 aliphatic carbocycles. The largest absolute Gasteiger partial charge is 0.303 e. The van der Waals surface area contributed by atoms with Gasteiger partial charge in [0, 0.05) is 15.7 Å². The Morgan fingerprint density at radius 2 is 1.95 bits per heavy atom. The molecule has 0 bridgehead atoms. The monoisotopic (exact) mass is 336 g/mol. The van der Waals surface area contributed by atoms with Gasteiger partial charge in [0.1, 0.15) is 0 Å². The highest BCUT2D eigenvalue weighted by Crippen LogP contribution is 2.35. The van der Waals surface area contributed by atoms with Crippen molar-refractivity contribution in [1.82, 2.24) is 10.9 Å². The van der Waals surface area contributed by atoms with Gasteiger partial charge in [-0.3, -0.25) is 10.2 Å². The molecule has 0 radical (unpaired) electrons. The van der Waals surface area contributed by atoms with Gasteiger partial charge >= 0.3 is 0 Å². The summed E-state index contributed by atoms with van der Waals surface area (Å²) in [7, 11) is 0. The summed E-state index contributed by atoms with van der Waals surface area (Å²) in [4.78, 5) is 12.0. The highest BCUT2D eigenvalue weighted by atomic mass is 79.9. The van der Waals surface area contributed by atoms with Crippen LogP contribution in [0.25, 0.3) is 0 Å². The van der Waals surface area contributed by atoms with Crippen LogP contribution in [0.5, 0.6) is 0 Å². The second-order valence-corrected chi connectivity index (χ2v) is 7.17. The van der Waals surface area contributed by atoms with Crippen LogP contribution in [0.3, 0.4) is 0 Å². The molecule has 2 N–H and O–H groups in total. The van der Waals surface area contributed by atoms with E-state index in [1.165, 1.54) is 6.42 Å². The van der Waals surface area contributed by atoms with Gasteiger partial charge in [0.15, 0.2) is 0 Å². The van der Waals surface area contributed by atoms with Crippen molar-refractivity contribution in [3.05, 3.63) is 46.1 Å². The zero-order valence-electron chi connectivity index (χ0n) is 12.2. The van der Waals surface area contributed by atoms with Crippen LogP contribution in [0.1, 0.15) is 44.0 Å². The number of nitrogens with one attached hydrogen (secondary N) is 2. The molecule has 1 amide bonds. The van der Waals surface area contributed by atoms with Crippen molar-refractivity contribution >= 4 is 21.8 Å². The molecule has 0 aromatic heterocycles. The van der Waals surface area contributed by atoms with Crippen molar-refractivity contribution in [2.24, 2.45) is 11.3 Å². The van der Waals surface area contributed by atoms with E-state index in [9.17, 15) is 4.79 Å². The Morgan fingerprint density at radius 1 is 1.30 bits per heavy atom. The van der Waals surface area contributed by atoms with E-state index in [0.29, 0.717) is 11.5 Å². The number of halogens is 1. The molecule has 20 heavy (non-hydrogen) atoms. The number of allylic oxidation sites excluding steroid dienone is 2. The predicted octanol–water partition coefficient (Wildman–Crippen LogP) is 4.02. The van der Waals surface area contributed by atoms with E-state index in [2.05, 4.69) is 53.6 Å². The summed E-state index contributed by atoms with van der Waals surface area (Å²) in [6.45, 7) is 6.69. The molecule has 0 unspecified atom stereocenters. The van der Waals surface area contributed by atoms with Crippen LogP contribution in [-0.2, 0) is 0 Å². The number of hydrogen-bond acceptors (Lipinski definition) is 2. The number of amides is 1. The van der Waals surface area contributed by atoms with Crippen molar-refractivity contribution in [1.29, 1.82) is 0 Å². The lowest BCUT2D eigenvalue weighted by molar-refractivity contribution is 0.0936. The van der Waals surface area contributed by atoms with Crippen molar-refractivity contribution in [2.45, 2.75) is 33.6 Å². The first-order valence-electron chi connectivity index (χ1n) is 6.89. The number of benzene rings is 1. The molecule has 4 heteroatoms. The second kappa shape index (κ2) is 6.00. The molecule has 0 fully saturated rings. The van der Waals surface area contributed by atoms with Crippen LogP contribution in [0.2, 0.25) is 0 Å². The quantitative estimate of drug-likeness (QED) is 0.818. The summed E-state index contributed by atoms with van der Waals surface area (Å²) in [5, 5.41) is 0. The van der Waals surface area contributed by atoms with Crippen LogP contribution in [0.15, 0.2) is 40.5 Å². The standard InChI is InChI=1S/C16H21BrN2O/c1-11-8-14(10-16(2,3)9-11)18-19-15(20)12-4-6-13(17)7-5-12/h4-7,10-11,18H,8-9H2,1-3H3,(H,19,20)/t11-/m0/s1. The Hall–Kier alpha value is -1.29. The molecule has 1 aromatic carbocycles. The van der Waals surface area contributed by atoms with E-state index < -0.39 is 0 Å². The number of hydrazine groups is 1. The number of carbonyl (C=O) groups is 1. The third-order valence-electron chi connectivity index (χ3n) is 3.45. The number of rotatable bonds is 3. The topological polar surface area (TPSA) is 41.1 Å². The SMILES string of the molecule is C[C@H]1CC(NNC(=O)c2ccc(Br)cc2)=CC(C)(C)C1. The fourth-order valence-corrected chi connectivity index (χ4v) is 3.10. The van der Waals surface area contributed by atoms with E-state index >= 15 is 0 Å². The Labute approximate surface area is 128 Å². The van der Waals surface area contributed by atoms with Gasteiger partial charge in [-0.2, -0.15) is 0 Å². The highest BCUT2D eigenvalue weighted by molar-refractivity contribution is 9.10. The van der Waals surface area contributed by atoms with E-state index in [4.69, 9.17) is 0 Å². The Kier molecular flexibility index (Phi) is 4.53. The van der Waals surface area contributed by atoms with Crippen LogP contribution in [0.4, 0.5) is 0 Å². The maximum Gasteiger partial charge on any atom is 0.269 e. The molecule has 3 nitrogen and oxygen atoms in total. The summed E-state index contributed by atoms with van der Waals surface area (Å²) in [5.41, 5.74) is 7.77. The highest BCUT2D eigenvalue weighted by Gasteiger charge is 2.25. The average molecular weight is 337 g/mol. The van der Waals surface area contributed by atoms with Gasteiger partial charge in [-0.15, -0.1) is 0 Å². The minimum absolute atomic E-state index is 0.116. The summed E-state index contributed by atoms with van der Waals surface area (Å²) >= 11 is 3.36. The van der Waals surface area contributed by atoms with E-state index in [0.717, 1.165) is 16.6 Å². The van der Waals surface area contributed by atoms with Crippen LogP contribution in [0, 0.1) is 11.3 Å². The van der Waals surface area contributed by atoms with Crippen LogP contribution < -0.4 is 10.9 Å². The molecule has 1 atom stereocenters. The third kappa shape index (κ3) is 4.10. The Morgan fingerprint density at radius 3 is 2.55 bits per heavy atom. The van der Waals surface area contributed by atoms with Gasteiger partial charge in [0.25, 0.3) is 5.91 Å². The minimum Gasteiger partial charge on any atom is -0.303 e. The molecule has 0 heterocycles. The molecule has 0 saturated heterocycles. The van der Waals surface area contributed by atoms with Gasteiger partial charge in [-0.1, -0.05) is 42.8 Å². The van der Waals surface area contributed by atoms with E-state index in [-0.39, 0.29) is 11.3 Å². The molecular formula is C16H21BrN2O. The molecular weight excluding hydrogens is 316 g/mol. The van der Waals surface area contributed by atoms with Crippen molar-refractivity contribution < 1.29 is 4.79 Å². The van der Waals surface area contributed by atoms with Gasteiger partial charge in [0.05, 0.1) is 0 Å². The van der Waals surface area contributed by atoms with Gasteiger partial charge in [-0.05, 0) is 48.4 Å². The predicted molar refractivity (Wildman–Crippen MR) is 85.0 cm³/mol. The lowest BCUT2D eigenvalue weighted by atomic mass is 9.76. The molecule has 108 valence electrons. The molecule has 2 rings (SSSR count). The van der Waals surface area contributed by atoms with Crippen molar-refractivity contribution in [3.63, 3.8) is 0 Å². The van der Waals surface area contributed by atoms with Gasteiger partial charge in [0.2, 0.25) is 0 Å². The smallest absolute Gasteiger partial charge is 0.269 e. The first kappa shape index (κ1) is 15.1. The van der Waals surface area contributed by atoms with Crippen LogP contribution >= 0.6 is 15.9 Å². The first-order valence-corrected chi connectivity index (χ1v) is 7.69. The zero-order chi connectivity index (χ0) is 14.8. The minimum atomic E-state index is -0.116. The lowest BCUT2D eigenvalue weighted by Gasteiger charge is -2.32. The molecule has 0 saturated carbocycles. The summed E-state index contributed by atoms with van der Waals surface area (Å²) < 4.78 is 0.965. The molecule has 0 aliphatic heterocycles. The van der Waals surface area contributed by atoms with Gasteiger partial charge in [-0.25, -0.2) is 0 Å². The zero-order valence-corrected chi connectivity index (χ0v) is 13.8. The summed E-state index contributed by atoms with van der Waals surface area (Å²) in [6, 6.07) is 7.31. The maximum absolute atomic E-state index is 12.0. The fourth-order valence-electron chi connectivity index (χ4n) is 2.83. The average Bonchev–Trinajstić information content (AvgIpc) is 2.34. The van der Waals surface area contributed by atoms with E-state index in [1.807, 2.05) is 12.1 Å². The summed E-state index contributed by atoms with van der Waals surface area (Å²) in [5.74, 6) is 0.511. The van der Waals surface area contributed by atoms with Gasteiger partial charge < -0.3 is 5.43 Å². The van der Waals surface area contributed by atoms with Crippen molar-refractivity contribution in [3.8, 4) is 0 Å². The Balaban J connectivity index is 1.96. The number of hydrogen-bond donors (Lipinski definition) is 2. The fraction of sp³-hybridized carbons (Fsp3) is 0.438. The molecule has 1 aliphatic rings. The number of carbonyl (C=O) groups excluding carboxylic acids is 1. The van der Waals surface area contributed by atoms with Crippen LogP contribution in [-0.4, -0.2) is 5.91 Å². The normalized spacial score (nSPS) is 21.0. The Bertz CT molecular complexity index is 520.